The van der Waals surface area contributed by atoms with E-state index < -0.39 is 79.3 Å². The zero-order chi connectivity index (χ0) is 29.0. The van der Waals surface area contributed by atoms with Crippen molar-refractivity contribution in [2.75, 3.05) is 13.7 Å². The molecule has 39 heavy (non-hydrogen) atoms. The van der Waals surface area contributed by atoms with Crippen molar-refractivity contribution >= 4 is 21.7 Å². The van der Waals surface area contributed by atoms with Crippen molar-refractivity contribution < 1.29 is 46.1 Å². The summed E-state index contributed by atoms with van der Waals surface area (Å²) in [4.78, 5) is 23.5. The third kappa shape index (κ3) is 4.46. The number of nitrogens with zero attached hydrogens (tertiary/aromatic N) is 3. The van der Waals surface area contributed by atoms with Crippen molar-refractivity contribution in [3.8, 4) is 17.2 Å². The molecule has 2 saturated carbocycles. The van der Waals surface area contributed by atoms with Gasteiger partial charge in [0.25, 0.3) is 0 Å². The van der Waals surface area contributed by atoms with Gasteiger partial charge in [-0.15, -0.1) is 0 Å². The summed E-state index contributed by atoms with van der Waals surface area (Å²) in [6, 6.07) is 4.42. The van der Waals surface area contributed by atoms with Crippen molar-refractivity contribution in [2.45, 2.75) is 48.2 Å². The molecule has 11 nitrogen and oxygen atoms in total. The minimum atomic E-state index is -5.08. The second-order valence-electron chi connectivity index (χ2n) is 9.81. The molecular formula is C24H25F3N4O7S. The molecule has 0 bridgehead atoms. The van der Waals surface area contributed by atoms with Gasteiger partial charge in [0.15, 0.2) is 9.84 Å². The lowest BCUT2D eigenvalue weighted by molar-refractivity contribution is -0.159. The summed E-state index contributed by atoms with van der Waals surface area (Å²) < 4.78 is 76.4. The largest absolute Gasteiger partial charge is 0.481 e. The zero-order valence-corrected chi connectivity index (χ0v) is 21.4. The number of carbonyl (C=O) groups excluding carboxylic acids is 1. The van der Waals surface area contributed by atoms with Crippen LogP contribution in [0.3, 0.4) is 0 Å². The second kappa shape index (κ2) is 9.61. The van der Waals surface area contributed by atoms with E-state index in [1.807, 2.05) is 0 Å². The summed E-state index contributed by atoms with van der Waals surface area (Å²) in [5, 5.41) is 31.1. The Bertz CT molecular complexity index is 1470. The molecule has 1 aromatic heterocycles. The van der Waals surface area contributed by atoms with Gasteiger partial charge in [-0.25, -0.2) is 8.42 Å². The van der Waals surface area contributed by atoms with Crippen LogP contribution in [0.5, 0.6) is 0 Å². The van der Waals surface area contributed by atoms with Gasteiger partial charge in [0.2, 0.25) is 5.91 Å². The number of aliphatic carboxylic acids is 1. The third-order valence-corrected chi connectivity index (χ3v) is 10.1. The standard InChI is InChI=1S/C24H25F3N4O7S/c1-38-19-7-15(8-23(19,21(34)35)18-9-22(18,12-28)20(29)33)39(36,37)17-3-2-13(6-16(17)24(25,26)27)14-10-30-31(11-14)4-5-32/h2-3,6,10-11,15,18-19,32H,4-5,7-9H2,1H3,(H2,29,33)(H,34,35)/t15-,18?,19+,22?,23+/m0/s1. The molecule has 0 aliphatic heterocycles. The molecule has 210 valence electrons. The molecule has 2 aliphatic rings. The summed E-state index contributed by atoms with van der Waals surface area (Å²) in [5.41, 5.74) is 0.333. The Labute approximate surface area is 220 Å². The molecular weight excluding hydrogens is 545 g/mol. The Balaban J connectivity index is 1.77. The highest BCUT2D eigenvalue weighted by Crippen LogP contribution is 2.66. The molecule has 0 saturated heterocycles. The number of sulfone groups is 1. The maximum absolute atomic E-state index is 14.2. The number of nitrogens with two attached hydrogens (primary N) is 1. The van der Waals surface area contributed by atoms with Crippen LogP contribution < -0.4 is 5.73 Å². The number of hydrogen-bond acceptors (Lipinski definition) is 8. The number of primary amides is 1. The van der Waals surface area contributed by atoms with E-state index in [0.29, 0.717) is 6.07 Å². The van der Waals surface area contributed by atoms with E-state index in [9.17, 15) is 41.5 Å². The quantitative estimate of drug-likeness (QED) is 0.403. The summed E-state index contributed by atoms with van der Waals surface area (Å²) >= 11 is 0. The molecule has 4 rings (SSSR count). The summed E-state index contributed by atoms with van der Waals surface area (Å²) in [6.45, 7) is -0.139. The zero-order valence-electron chi connectivity index (χ0n) is 20.6. The van der Waals surface area contributed by atoms with Crippen LogP contribution in [0.15, 0.2) is 35.5 Å². The molecule has 15 heteroatoms. The molecule has 2 fully saturated rings. The van der Waals surface area contributed by atoms with Gasteiger partial charge in [-0.2, -0.15) is 23.5 Å². The highest BCUT2D eigenvalue weighted by atomic mass is 32.2. The number of aliphatic hydroxyl groups excluding tert-OH is 1. The van der Waals surface area contributed by atoms with Gasteiger partial charge < -0.3 is 20.7 Å². The van der Waals surface area contributed by atoms with E-state index in [1.54, 1.807) is 6.07 Å². The normalized spacial score (nSPS) is 28.7. The molecule has 2 aliphatic carbocycles. The average molecular weight is 571 g/mol. The Morgan fingerprint density at radius 3 is 2.51 bits per heavy atom. The maximum atomic E-state index is 14.2. The molecule has 2 unspecified atom stereocenters. The highest BCUT2D eigenvalue weighted by molar-refractivity contribution is 7.92. The van der Waals surface area contributed by atoms with Gasteiger partial charge in [-0.1, -0.05) is 6.07 Å². The molecule has 5 atom stereocenters. The molecule has 4 N–H and O–H groups in total. The molecule has 2 aromatic rings. The van der Waals surface area contributed by atoms with E-state index in [2.05, 4.69) is 5.10 Å². The number of amides is 1. The number of nitriles is 1. The Kier molecular flexibility index (Phi) is 7.03. The van der Waals surface area contributed by atoms with E-state index in [1.165, 1.54) is 23.1 Å². The minimum absolute atomic E-state index is 0.0322. The first-order valence-electron chi connectivity index (χ1n) is 11.7. The summed E-state index contributed by atoms with van der Waals surface area (Å²) in [7, 11) is -3.66. The number of benzene rings is 1. The maximum Gasteiger partial charge on any atom is 0.417 e. The summed E-state index contributed by atoms with van der Waals surface area (Å²) in [5.74, 6) is -3.76. The van der Waals surface area contributed by atoms with Crippen LogP contribution in [0.25, 0.3) is 11.1 Å². The van der Waals surface area contributed by atoms with Gasteiger partial charge in [0.1, 0.15) is 10.8 Å². The minimum Gasteiger partial charge on any atom is -0.481 e. The Hall–Kier alpha value is -3.48. The van der Waals surface area contributed by atoms with Crippen LogP contribution in [0, 0.1) is 28.1 Å². The molecule has 1 amide bonds. The fourth-order valence-corrected chi connectivity index (χ4v) is 7.78. The van der Waals surface area contributed by atoms with E-state index >= 15 is 0 Å². The first-order chi connectivity index (χ1) is 18.2. The predicted octanol–water partition coefficient (Wildman–Crippen LogP) is 1.60. The smallest absolute Gasteiger partial charge is 0.417 e. The molecule has 0 radical (unpaired) electrons. The number of hydrogen-bond donors (Lipinski definition) is 3. The van der Waals surface area contributed by atoms with Crippen molar-refractivity contribution in [3.63, 3.8) is 0 Å². The number of rotatable bonds is 9. The number of carboxylic acids is 1. The third-order valence-electron chi connectivity index (χ3n) is 7.85. The molecule has 1 heterocycles. The number of carbonyl (C=O) groups is 2. The van der Waals surface area contributed by atoms with Crippen molar-refractivity contribution in [1.82, 2.24) is 9.78 Å². The van der Waals surface area contributed by atoms with Crippen LogP contribution in [-0.2, 0) is 36.9 Å². The molecule has 1 aromatic carbocycles. The first kappa shape index (κ1) is 28.5. The predicted molar refractivity (Wildman–Crippen MR) is 126 cm³/mol. The lowest BCUT2D eigenvalue weighted by atomic mass is 9.75. The number of halogens is 3. The average Bonchev–Trinajstić information content (AvgIpc) is 3.23. The number of aromatic nitrogens is 2. The number of ether oxygens (including phenoxy) is 1. The lowest BCUT2D eigenvalue weighted by Crippen LogP contribution is -2.44. The second-order valence-corrected chi connectivity index (χ2v) is 12.0. The SMILES string of the molecule is CO[C@@H]1C[C@H](S(=O)(=O)c2ccc(-c3cnn(CCO)c3)cc2C(F)(F)F)C[C@@]1(C(=O)O)C1CC1(C#N)C(N)=O. The number of carboxylic acid groups (broad SMARTS) is 1. The van der Waals surface area contributed by atoms with E-state index in [0.717, 1.165) is 13.2 Å². The van der Waals surface area contributed by atoms with Crippen LogP contribution in [0.1, 0.15) is 24.8 Å². The lowest BCUT2D eigenvalue weighted by Gasteiger charge is -2.31. The van der Waals surface area contributed by atoms with Gasteiger partial charge in [-0.3, -0.25) is 14.3 Å². The Morgan fingerprint density at radius 1 is 1.31 bits per heavy atom. The van der Waals surface area contributed by atoms with Crippen molar-refractivity contribution in [1.29, 1.82) is 5.26 Å². The van der Waals surface area contributed by atoms with Gasteiger partial charge in [-0.05, 0) is 37.0 Å². The fraction of sp³-hybridized carbons (Fsp3) is 0.500. The van der Waals surface area contributed by atoms with Crippen molar-refractivity contribution in [3.05, 3.63) is 36.2 Å². The monoisotopic (exact) mass is 570 g/mol. The fourth-order valence-electron chi connectivity index (χ4n) is 5.76. The number of aliphatic hydroxyl groups is 1. The van der Waals surface area contributed by atoms with Crippen molar-refractivity contribution in [2.24, 2.45) is 22.5 Å². The first-order valence-corrected chi connectivity index (χ1v) is 13.3. The number of methoxy groups -OCH3 is 1. The molecule has 0 spiro atoms. The highest BCUT2D eigenvalue weighted by Gasteiger charge is 2.75. The van der Waals surface area contributed by atoms with Crippen LogP contribution >= 0.6 is 0 Å². The van der Waals surface area contributed by atoms with E-state index in [4.69, 9.17) is 15.6 Å². The number of alkyl halides is 3. The topological polar surface area (TPSA) is 186 Å². The van der Waals surface area contributed by atoms with Gasteiger partial charge >= 0.3 is 12.1 Å². The van der Waals surface area contributed by atoms with E-state index in [-0.39, 0.29) is 30.7 Å². The van der Waals surface area contributed by atoms with Crippen LogP contribution in [-0.4, -0.2) is 65.4 Å². The Morgan fingerprint density at radius 2 is 2.00 bits per heavy atom. The van der Waals surface area contributed by atoms with Gasteiger partial charge in [0, 0.05) is 24.8 Å². The van der Waals surface area contributed by atoms with Crippen LogP contribution in [0.4, 0.5) is 13.2 Å². The summed E-state index contributed by atoms with van der Waals surface area (Å²) in [6.07, 6.45) is -5.08. The van der Waals surface area contributed by atoms with Gasteiger partial charge in [0.05, 0.1) is 47.2 Å². The van der Waals surface area contributed by atoms with Crippen LogP contribution in [0.2, 0.25) is 0 Å².